The first-order valence-electron chi connectivity index (χ1n) is 12.8. The summed E-state index contributed by atoms with van der Waals surface area (Å²) in [7, 11) is 0. The van der Waals surface area contributed by atoms with Gasteiger partial charge in [0.1, 0.15) is 0 Å². The van der Waals surface area contributed by atoms with E-state index in [1.165, 1.54) is 103 Å². The second-order valence-corrected chi connectivity index (χ2v) is 10.3. The molecule has 2 aliphatic carbocycles. The largest absolute Gasteiger partial charge is 0.0654 e. The Morgan fingerprint density at radius 3 is 1.18 bits per heavy atom. The van der Waals surface area contributed by atoms with Gasteiger partial charge in [-0.3, -0.25) is 0 Å². The molecule has 158 valence electrons. The van der Waals surface area contributed by atoms with Crippen molar-refractivity contribution in [1.29, 1.82) is 0 Å². The Hall–Kier alpha value is -0.780. The zero-order valence-electron chi connectivity index (χ0n) is 18.9. The summed E-state index contributed by atoms with van der Waals surface area (Å²) in [5.41, 5.74) is 3.17. The maximum atomic E-state index is 2.45. The summed E-state index contributed by atoms with van der Waals surface area (Å²) in [5, 5.41) is 0. The fraction of sp³-hybridized carbons (Fsp3) is 0.786. The van der Waals surface area contributed by atoms with Gasteiger partial charge in [0.05, 0.1) is 0 Å². The highest BCUT2D eigenvalue weighted by molar-refractivity contribution is 5.23. The molecule has 2 saturated carbocycles. The van der Waals surface area contributed by atoms with Crippen molar-refractivity contribution in [3.8, 4) is 0 Å². The second kappa shape index (κ2) is 12.0. The van der Waals surface area contributed by atoms with Gasteiger partial charge >= 0.3 is 0 Å². The number of benzene rings is 1. The zero-order chi connectivity index (χ0) is 19.6. The molecule has 0 heterocycles. The molecule has 2 fully saturated rings. The Morgan fingerprint density at radius 2 is 0.857 bits per heavy atom. The average Bonchev–Trinajstić information content (AvgIpc) is 2.74. The Kier molecular flexibility index (Phi) is 9.42. The first-order valence-corrected chi connectivity index (χ1v) is 12.8. The highest BCUT2D eigenvalue weighted by Crippen LogP contribution is 2.35. The van der Waals surface area contributed by atoms with Crippen molar-refractivity contribution >= 4 is 0 Å². The van der Waals surface area contributed by atoms with E-state index in [0.29, 0.717) is 0 Å². The molecular weight excluding hydrogens is 336 g/mol. The minimum absolute atomic E-state index is 0.946. The number of hydrogen-bond acceptors (Lipinski definition) is 0. The van der Waals surface area contributed by atoms with E-state index in [2.05, 4.69) is 38.1 Å². The van der Waals surface area contributed by atoms with E-state index in [9.17, 15) is 0 Å². The highest BCUT2D eigenvalue weighted by Gasteiger charge is 2.22. The molecule has 0 amide bonds. The summed E-state index contributed by atoms with van der Waals surface area (Å²) in [6, 6.07) is 9.80. The molecule has 0 aromatic heterocycles. The van der Waals surface area contributed by atoms with Gasteiger partial charge in [0.15, 0.2) is 0 Å². The first kappa shape index (κ1) is 21.9. The Balaban J connectivity index is 1.36. The smallest absolute Gasteiger partial charge is 0.0250 e. The third-order valence-electron chi connectivity index (χ3n) is 7.94. The summed E-state index contributed by atoms with van der Waals surface area (Å²) >= 11 is 0. The topological polar surface area (TPSA) is 0 Å². The van der Waals surface area contributed by atoms with Crippen LogP contribution < -0.4 is 0 Å². The Morgan fingerprint density at radius 1 is 0.536 bits per heavy atom. The summed E-state index contributed by atoms with van der Waals surface area (Å²) < 4.78 is 0. The predicted molar refractivity (Wildman–Crippen MR) is 124 cm³/mol. The van der Waals surface area contributed by atoms with E-state index >= 15 is 0 Å². The molecule has 0 aliphatic heterocycles. The molecule has 0 spiro atoms. The lowest BCUT2D eigenvalue weighted by molar-refractivity contribution is 0.258. The molecule has 0 atom stereocenters. The Labute approximate surface area is 175 Å². The lowest BCUT2D eigenvalue weighted by Gasteiger charge is -2.29. The fourth-order valence-electron chi connectivity index (χ4n) is 5.91. The van der Waals surface area contributed by atoms with Gasteiger partial charge in [-0.25, -0.2) is 0 Å². The van der Waals surface area contributed by atoms with E-state index in [1.807, 2.05) is 0 Å². The lowest BCUT2D eigenvalue weighted by atomic mass is 9.77. The summed E-state index contributed by atoms with van der Waals surface area (Å²) in [6.45, 7) is 4.65. The maximum absolute atomic E-state index is 2.45. The van der Waals surface area contributed by atoms with E-state index in [0.717, 1.165) is 23.7 Å². The molecule has 0 N–H and O–H groups in total. The van der Waals surface area contributed by atoms with Crippen LogP contribution in [0.1, 0.15) is 115 Å². The summed E-state index contributed by atoms with van der Waals surface area (Å²) in [6.07, 6.45) is 23.1. The maximum Gasteiger partial charge on any atom is -0.0250 e. The first-order chi connectivity index (χ1) is 13.8. The van der Waals surface area contributed by atoms with Crippen LogP contribution in [0, 0.1) is 23.7 Å². The highest BCUT2D eigenvalue weighted by atomic mass is 14.3. The Bertz CT molecular complexity index is 462. The number of hydrogen-bond donors (Lipinski definition) is 0. The third kappa shape index (κ3) is 7.23. The van der Waals surface area contributed by atoms with Gasteiger partial charge in [0.25, 0.3) is 0 Å². The predicted octanol–water partition coefficient (Wildman–Crippen LogP) is 8.76. The molecule has 0 bridgehead atoms. The average molecular weight is 383 g/mol. The van der Waals surface area contributed by atoms with Gasteiger partial charge in [-0.1, -0.05) is 102 Å². The SMILES string of the molecule is CCCCC1CCC(Cc2ccc(CC3CCC(CCCC)CC3)cc2)CC1. The molecule has 2 aliphatic rings. The van der Waals surface area contributed by atoms with E-state index < -0.39 is 0 Å². The van der Waals surface area contributed by atoms with Gasteiger partial charge in [0, 0.05) is 0 Å². The van der Waals surface area contributed by atoms with Crippen molar-refractivity contribution in [3.05, 3.63) is 35.4 Å². The molecule has 1 aromatic carbocycles. The minimum Gasteiger partial charge on any atom is -0.0654 e. The zero-order valence-corrected chi connectivity index (χ0v) is 18.9. The molecule has 0 radical (unpaired) electrons. The lowest BCUT2D eigenvalue weighted by Crippen LogP contribution is -2.17. The van der Waals surface area contributed by atoms with Gasteiger partial charge in [0.2, 0.25) is 0 Å². The van der Waals surface area contributed by atoms with Crippen LogP contribution in [0.2, 0.25) is 0 Å². The molecule has 3 rings (SSSR count). The fourth-order valence-corrected chi connectivity index (χ4v) is 5.91. The van der Waals surface area contributed by atoms with Crippen molar-refractivity contribution in [3.63, 3.8) is 0 Å². The van der Waals surface area contributed by atoms with E-state index in [-0.39, 0.29) is 0 Å². The van der Waals surface area contributed by atoms with Crippen LogP contribution in [0.4, 0.5) is 0 Å². The van der Waals surface area contributed by atoms with Crippen molar-refractivity contribution in [2.24, 2.45) is 23.7 Å². The van der Waals surface area contributed by atoms with Crippen molar-refractivity contribution in [1.82, 2.24) is 0 Å². The molecule has 0 unspecified atom stereocenters. The normalized spacial score (nSPS) is 28.4. The third-order valence-corrected chi connectivity index (χ3v) is 7.94. The second-order valence-electron chi connectivity index (χ2n) is 10.3. The van der Waals surface area contributed by atoms with E-state index in [4.69, 9.17) is 0 Å². The molecular formula is C28H46. The standard InChI is InChI=1S/C28H46/c1-3-5-7-23-9-13-25(14-10-23)21-27-17-19-28(20-18-27)22-26-15-11-24(12-16-26)8-6-4-2/h17-20,23-26H,3-16,21-22H2,1-2H3. The number of rotatable bonds is 10. The van der Waals surface area contributed by atoms with Crippen molar-refractivity contribution in [2.45, 2.75) is 117 Å². The summed E-state index contributed by atoms with van der Waals surface area (Å²) in [4.78, 5) is 0. The number of unbranched alkanes of at least 4 members (excludes halogenated alkanes) is 2. The summed E-state index contributed by atoms with van der Waals surface area (Å²) in [5.74, 6) is 3.97. The van der Waals surface area contributed by atoms with E-state index in [1.54, 1.807) is 11.1 Å². The monoisotopic (exact) mass is 382 g/mol. The van der Waals surface area contributed by atoms with Crippen LogP contribution in [0.3, 0.4) is 0 Å². The van der Waals surface area contributed by atoms with Gasteiger partial charge in [-0.2, -0.15) is 0 Å². The van der Waals surface area contributed by atoms with Gasteiger partial charge in [-0.15, -0.1) is 0 Å². The van der Waals surface area contributed by atoms with Crippen LogP contribution >= 0.6 is 0 Å². The quantitative estimate of drug-likeness (QED) is 0.379. The molecule has 28 heavy (non-hydrogen) atoms. The van der Waals surface area contributed by atoms with Crippen LogP contribution in [0.25, 0.3) is 0 Å². The molecule has 0 nitrogen and oxygen atoms in total. The minimum atomic E-state index is 0.946. The van der Waals surface area contributed by atoms with Crippen LogP contribution in [0.15, 0.2) is 24.3 Å². The van der Waals surface area contributed by atoms with Gasteiger partial charge < -0.3 is 0 Å². The molecule has 0 saturated heterocycles. The van der Waals surface area contributed by atoms with Crippen LogP contribution in [0.5, 0.6) is 0 Å². The molecule has 1 aromatic rings. The van der Waals surface area contributed by atoms with Crippen LogP contribution in [-0.2, 0) is 12.8 Å². The van der Waals surface area contributed by atoms with Crippen molar-refractivity contribution in [2.75, 3.05) is 0 Å². The molecule has 0 heteroatoms. The van der Waals surface area contributed by atoms with Crippen LogP contribution in [-0.4, -0.2) is 0 Å². The van der Waals surface area contributed by atoms with Gasteiger partial charge in [-0.05, 0) is 73.3 Å². The van der Waals surface area contributed by atoms with Crippen molar-refractivity contribution < 1.29 is 0 Å².